The molecule has 0 bridgehead atoms. The van der Waals surface area contributed by atoms with Crippen molar-refractivity contribution in [2.75, 3.05) is 33.7 Å². The van der Waals surface area contributed by atoms with Gasteiger partial charge in [0.05, 0.1) is 27.5 Å². The summed E-state index contributed by atoms with van der Waals surface area (Å²) in [5.74, 6) is -0.294. The monoisotopic (exact) mass is 422 g/mol. The molecule has 1 unspecified atom stereocenters. The average Bonchev–Trinajstić information content (AvgIpc) is 3.20. The van der Waals surface area contributed by atoms with Crippen LogP contribution in [-0.4, -0.2) is 57.1 Å². The average molecular weight is 422 g/mol. The lowest BCUT2D eigenvalue weighted by molar-refractivity contribution is -0.117. The van der Waals surface area contributed by atoms with Crippen molar-refractivity contribution in [3.63, 3.8) is 0 Å². The summed E-state index contributed by atoms with van der Waals surface area (Å²) < 4.78 is 15.7. The van der Waals surface area contributed by atoms with Gasteiger partial charge in [0.2, 0.25) is 11.7 Å². The second-order valence-corrected chi connectivity index (χ2v) is 6.74. The molecule has 0 aliphatic heterocycles. The molecule has 1 aromatic carbocycles. The Morgan fingerprint density at radius 1 is 1.03 bits per heavy atom. The molecule has 2 rings (SSSR count). The molecule has 0 saturated heterocycles. The highest BCUT2D eigenvalue weighted by atomic mass is 32.1. The highest BCUT2D eigenvalue weighted by molar-refractivity contribution is 7.17. The number of rotatable bonds is 8. The Labute approximate surface area is 171 Å². The van der Waals surface area contributed by atoms with Crippen molar-refractivity contribution in [1.82, 2.24) is 15.6 Å². The normalized spacial score (nSPS) is 11.2. The van der Waals surface area contributed by atoms with E-state index < -0.39 is 17.9 Å². The summed E-state index contributed by atoms with van der Waals surface area (Å²) in [5, 5.41) is 7.88. The van der Waals surface area contributed by atoms with Gasteiger partial charge in [-0.2, -0.15) is 0 Å². The van der Waals surface area contributed by atoms with Crippen LogP contribution in [0.15, 0.2) is 18.3 Å². The van der Waals surface area contributed by atoms with Gasteiger partial charge in [-0.1, -0.05) is 11.3 Å². The zero-order valence-corrected chi connectivity index (χ0v) is 17.4. The Balaban J connectivity index is 2.09. The number of thiazole rings is 1. The first kappa shape index (κ1) is 22.0. The molecular formula is C18H22N4O6S. The third-order valence-corrected chi connectivity index (χ3v) is 4.77. The minimum Gasteiger partial charge on any atom is -0.493 e. The van der Waals surface area contributed by atoms with Crippen LogP contribution in [-0.2, 0) is 4.79 Å². The molecule has 156 valence electrons. The molecule has 0 aliphatic rings. The van der Waals surface area contributed by atoms with Crippen molar-refractivity contribution in [2.45, 2.75) is 13.0 Å². The summed E-state index contributed by atoms with van der Waals surface area (Å²) in [6, 6.07) is 2.10. The molecule has 3 N–H and O–H groups in total. The van der Waals surface area contributed by atoms with Gasteiger partial charge >= 0.3 is 0 Å². The Bertz CT molecular complexity index is 889. The van der Waals surface area contributed by atoms with Gasteiger partial charge in [-0.25, -0.2) is 4.98 Å². The van der Waals surface area contributed by atoms with Crippen molar-refractivity contribution in [2.24, 2.45) is 0 Å². The number of carbonyl (C=O) groups excluding carboxylic acids is 3. The minimum absolute atomic E-state index is 0.232. The van der Waals surface area contributed by atoms with Gasteiger partial charge in [-0.05, 0) is 19.1 Å². The van der Waals surface area contributed by atoms with Crippen LogP contribution in [0.2, 0.25) is 0 Å². The van der Waals surface area contributed by atoms with Gasteiger partial charge < -0.3 is 30.2 Å². The maximum Gasteiger partial charge on any atom is 0.262 e. The number of aromatic nitrogens is 1. The van der Waals surface area contributed by atoms with Gasteiger partial charge in [0.15, 0.2) is 16.6 Å². The van der Waals surface area contributed by atoms with Gasteiger partial charge in [-0.15, -0.1) is 0 Å². The molecule has 0 saturated carbocycles. The molecule has 0 aliphatic carbocycles. The topological polar surface area (TPSA) is 128 Å². The molecule has 29 heavy (non-hydrogen) atoms. The van der Waals surface area contributed by atoms with E-state index in [4.69, 9.17) is 14.2 Å². The molecule has 1 atom stereocenters. The van der Waals surface area contributed by atoms with Gasteiger partial charge in [0.1, 0.15) is 10.9 Å². The van der Waals surface area contributed by atoms with E-state index in [1.54, 1.807) is 0 Å². The van der Waals surface area contributed by atoms with Gasteiger partial charge in [-0.3, -0.25) is 14.4 Å². The smallest absolute Gasteiger partial charge is 0.262 e. The molecule has 10 nitrogen and oxygen atoms in total. The molecule has 1 aromatic heterocycles. The third-order valence-electron chi connectivity index (χ3n) is 3.85. The Morgan fingerprint density at radius 2 is 1.66 bits per heavy atom. The van der Waals surface area contributed by atoms with Crippen LogP contribution in [0.25, 0.3) is 0 Å². The quantitative estimate of drug-likeness (QED) is 0.585. The van der Waals surface area contributed by atoms with Gasteiger partial charge in [0, 0.05) is 12.6 Å². The van der Waals surface area contributed by atoms with E-state index in [2.05, 4.69) is 20.9 Å². The predicted octanol–water partition coefficient (Wildman–Crippen LogP) is 1.29. The van der Waals surface area contributed by atoms with E-state index >= 15 is 0 Å². The minimum atomic E-state index is -0.867. The summed E-state index contributed by atoms with van der Waals surface area (Å²) in [5.41, 5.74) is 0.232. The van der Waals surface area contributed by atoms with Gasteiger partial charge in [0.25, 0.3) is 11.8 Å². The number of amides is 3. The van der Waals surface area contributed by atoms with E-state index in [0.717, 1.165) is 11.3 Å². The van der Waals surface area contributed by atoms with E-state index in [9.17, 15) is 14.4 Å². The lowest BCUT2D eigenvalue weighted by Crippen LogP contribution is -2.41. The molecule has 0 spiro atoms. The summed E-state index contributed by atoms with van der Waals surface area (Å²) in [7, 11) is 5.84. The number of methoxy groups -OCH3 is 3. The van der Waals surface area contributed by atoms with Crippen LogP contribution in [0.3, 0.4) is 0 Å². The Hall–Kier alpha value is -3.34. The number of benzene rings is 1. The molecule has 2 aromatic rings. The lowest BCUT2D eigenvalue weighted by atomic mass is 10.1. The van der Waals surface area contributed by atoms with E-state index in [1.807, 2.05) is 0 Å². The summed E-state index contributed by atoms with van der Waals surface area (Å²) in [6.45, 7) is 1.53. The largest absolute Gasteiger partial charge is 0.493 e. The van der Waals surface area contributed by atoms with Crippen molar-refractivity contribution >= 4 is 34.2 Å². The SMILES string of the molecule is CNC(=O)c1cnc(NC(=O)C(C)NC(=O)c2cc(OC)c(OC)c(OC)c2)s1. The number of hydrogen-bond acceptors (Lipinski definition) is 8. The maximum absolute atomic E-state index is 12.6. The van der Waals surface area contributed by atoms with Crippen LogP contribution < -0.4 is 30.2 Å². The first-order valence-electron chi connectivity index (χ1n) is 8.44. The van der Waals surface area contributed by atoms with Crippen LogP contribution in [0.4, 0.5) is 5.13 Å². The van der Waals surface area contributed by atoms with E-state index in [-0.39, 0.29) is 16.6 Å². The number of nitrogens with zero attached hydrogens (tertiary/aromatic N) is 1. The van der Waals surface area contributed by atoms with E-state index in [1.165, 1.54) is 53.6 Å². The third kappa shape index (κ3) is 5.13. The van der Waals surface area contributed by atoms with E-state index in [0.29, 0.717) is 22.1 Å². The Morgan fingerprint density at radius 3 is 2.17 bits per heavy atom. The predicted molar refractivity (Wildman–Crippen MR) is 107 cm³/mol. The molecule has 0 fully saturated rings. The van der Waals surface area contributed by atoms with Crippen LogP contribution >= 0.6 is 11.3 Å². The van der Waals surface area contributed by atoms with Crippen LogP contribution in [0.5, 0.6) is 17.2 Å². The summed E-state index contributed by atoms with van der Waals surface area (Å²) in [6.07, 6.45) is 1.36. The molecule has 1 heterocycles. The number of carbonyl (C=O) groups is 3. The zero-order chi connectivity index (χ0) is 21.6. The lowest BCUT2D eigenvalue weighted by Gasteiger charge is -2.16. The fourth-order valence-corrected chi connectivity index (χ4v) is 3.10. The fraction of sp³-hybridized carbons (Fsp3) is 0.333. The second kappa shape index (κ2) is 9.73. The number of hydrogen-bond donors (Lipinski definition) is 3. The van der Waals surface area contributed by atoms with Crippen molar-refractivity contribution in [3.05, 3.63) is 28.8 Å². The highest BCUT2D eigenvalue weighted by Gasteiger charge is 2.21. The summed E-state index contributed by atoms with van der Waals surface area (Å²) >= 11 is 1.03. The Kier molecular flexibility index (Phi) is 7.37. The molecule has 11 heteroatoms. The number of ether oxygens (including phenoxy) is 3. The second-order valence-electron chi connectivity index (χ2n) is 5.71. The molecule has 3 amide bonds. The fourth-order valence-electron chi connectivity index (χ4n) is 2.33. The van der Waals surface area contributed by atoms with Crippen molar-refractivity contribution < 1.29 is 28.6 Å². The standard InChI is InChI=1S/C18H22N4O6S/c1-9(15(23)22-18-20-8-13(29-18)17(25)19-2)21-16(24)10-6-11(26-3)14(28-5)12(7-10)27-4/h6-9H,1-5H3,(H,19,25)(H,21,24)(H,20,22,23). The number of anilines is 1. The maximum atomic E-state index is 12.6. The number of nitrogens with one attached hydrogen (secondary N) is 3. The molecular weight excluding hydrogens is 400 g/mol. The van der Waals surface area contributed by atoms with Crippen molar-refractivity contribution in [1.29, 1.82) is 0 Å². The zero-order valence-electron chi connectivity index (χ0n) is 16.6. The van der Waals surface area contributed by atoms with Crippen molar-refractivity contribution in [3.8, 4) is 17.2 Å². The first-order valence-corrected chi connectivity index (χ1v) is 9.25. The summed E-state index contributed by atoms with van der Waals surface area (Å²) in [4.78, 5) is 40.8. The van der Waals surface area contributed by atoms with Crippen LogP contribution in [0.1, 0.15) is 27.0 Å². The van der Waals surface area contributed by atoms with Crippen LogP contribution in [0, 0.1) is 0 Å². The first-order chi connectivity index (χ1) is 13.8. The molecule has 0 radical (unpaired) electrons. The highest BCUT2D eigenvalue weighted by Crippen LogP contribution is 2.38.